The Morgan fingerprint density at radius 2 is 2.39 bits per heavy atom. The molecule has 2 amide bonds. The maximum Gasteiger partial charge on any atom is 0.269 e. The monoisotopic (exact) mass is 268 g/mol. The summed E-state index contributed by atoms with van der Waals surface area (Å²) >= 11 is 1.73. The van der Waals surface area contributed by atoms with E-state index < -0.39 is 0 Å². The van der Waals surface area contributed by atoms with E-state index in [4.69, 9.17) is 0 Å². The molecule has 7 heteroatoms. The van der Waals surface area contributed by atoms with Gasteiger partial charge in [-0.1, -0.05) is 0 Å². The number of H-pyrrole nitrogens is 1. The van der Waals surface area contributed by atoms with Crippen LogP contribution in [0.5, 0.6) is 0 Å². The number of aromatic nitrogens is 2. The minimum Gasteiger partial charge on any atom is -0.354 e. The van der Waals surface area contributed by atoms with Crippen molar-refractivity contribution in [3.05, 3.63) is 11.3 Å². The third kappa shape index (κ3) is 2.35. The number of amides is 2. The third-order valence-corrected chi connectivity index (χ3v) is 3.67. The lowest BCUT2D eigenvalue weighted by molar-refractivity contribution is -0.116. The summed E-state index contributed by atoms with van der Waals surface area (Å²) in [6.07, 6.45) is 3.31. The van der Waals surface area contributed by atoms with E-state index in [1.54, 1.807) is 18.8 Å². The first-order chi connectivity index (χ1) is 8.67. The lowest BCUT2D eigenvalue weighted by Crippen LogP contribution is -2.26. The summed E-state index contributed by atoms with van der Waals surface area (Å²) in [5, 5.41) is 12.0. The second-order valence-corrected chi connectivity index (χ2v) is 5.16. The summed E-state index contributed by atoms with van der Waals surface area (Å²) in [4.78, 5) is 23.3. The molecule has 1 aliphatic rings. The van der Waals surface area contributed by atoms with E-state index in [1.807, 2.05) is 6.26 Å². The summed E-state index contributed by atoms with van der Waals surface area (Å²) in [6.45, 7) is 0. The van der Waals surface area contributed by atoms with Gasteiger partial charge in [0.1, 0.15) is 5.69 Å². The van der Waals surface area contributed by atoms with Crippen molar-refractivity contribution in [3.8, 4) is 0 Å². The number of fused-ring (bicyclic) bond motifs is 1. The summed E-state index contributed by atoms with van der Waals surface area (Å²) in [6, 6.07) is 0. The highest BCUT2D eigenvalue weighted by atomic mass is 32.2. The molecule has 0 spiro atoms. The quantitative estimate of drug-likeness (QED) is 0.758. The Hall–Kier alpha value is -1.50. The van der Waals surface area contributed by atoms with Crippen molar-refractivity contribution in [3.63, 3.8) is 0 Å². The Morgan fingerprint density at radius 1 is 1.61 bits per heavy atom. The SMILES string of the molecule is CNC(=O)c1[nH]nc2c1[C@H](CCSC)CC(=O)N2. The number of carbonyl (C=O) groups is 2. The standard InChI is InChI=1S/C11H16N4O2S/c1-12-11(17)9-8-6(3-4-18-2)5-7(16)13-10(8)15-14-9/h6H,3-5H2,1-2H3,(H,12,17)(H2,13,14,15,16)/t6-/m1/s1. The lowest BCUT2D eigenvalue weighted by atomic mass is 9.89. The molecule has 1 aromatic rings. The van der Waals surface area contributed by atoms with Gasteiger partial charge >= 0.3 is 0 Å². The van der Waals surface area contributed by atoms with Crippen LogP contribution in [0.3, 0.4) is 0 Å². The van der Waals surface area contributed by atoms with Crippen LogP contribution in [0.25, 0.3) is 0 Å². The van der Waals surface area contributed by atoms with E-state index in [2.05, 4.69) is 20.8 Å². The van der Waals surface area contributed by atoms with Crippen LogP contribution in [0.2, 0.25) is 0 Å². The van der Waals surface area contributed by atoms with Crippen molar-refractivity contribution in [2.75, 3.05) is 24.4 Å². The molecule has 0 unspecified atom stereocenters. The Labute approximate surface area is 109 Å². The zero-order valence-corrected chi connectivity index (χ0v) is 11.2. The van der Waals surface area contributed by atoms with E-state index in [9.17, 15) is 9.59 Å². The highest BCUT2D eigenvalue weighted by molar-refractivity contribution is 7.98. The number of hydrogen-bond acceptors (Lipinski definition) is 4. The molecule has 0 saturated heterocycles. The molecule has 0 radical (unpaired) electrons. The Balaban J connectivity index is 2.34. The molecule has 0 bridgehead atoms. The second kappa shape index (κ2) is 5.43. The number of nitrogens with one attached hydrogen (secondary N) is 3. The van der Waals surface area contributed by atoms with Gasteiger partial charge in [0.15, 0.2) is 5.82 Å². The topological polar surface area (TPSA) is 86.9 Å². The average molecular weight is 268 g/mol. The van der Waals surface area contributed by atoms with Gasteiger partial charge in [-0.2, -0.15) is 16.9 Å². The van der Waals surface area contributed by atoms with Gasteiger partial charge in [0.25, 0.3) is 5.91 Å². The van der Waals surface area contributed by atoms with Gasteiger partial charge in [-0.25, -0.2) is 0 Å². The summed E-state index contributed by atoms with van der Waals surface area (Å²) in [5.41, 5.74) is 1.29. The van der Waals surface area contributed by atoms with Gasteiger partial charge in [0.05, 0.1) is 0 Å². The van der Waals surface area contributed by atoms with E-state index in [-0.39, 0.29) is 17.7 Å². The van der Waals surface area contributed by atoms with Crippen LogP contribution in [0, 0.1) is 0 Å². The first kappa shape index (κ1) is 12.9. The number of thioether (sulfide) groups is 1. The average Bonchev–Trinajstić information content (AvgIpc) is 2.78. The van der Waals surface area contributed by atoms with Crippen LogP contribution in [0.15, 0.2) is 0 Å². The number of carbonyl (C=O) groups excluding carboxylic acids is 2. The van der Waals surface area contributed by atoms with Crippen molar-refractivity contribution < 1.29 is 9.59 Å². The van der Waals surface area contributed by atoms with Gasteiger partial charge in [-0.15, -0.1) is 0 Å². The van der Waals surface area contributed by atoms with Gasteiger partial charge in [-0.05, 0) is 24.3 Å². The fourth-order valence-electron chi connectivity index (χ4n) is 2.16. The zero-order valence-electron chi connectivity index (χ0n) is 10.4. The fraction of sp³-hybridized carbons (Fsp3) is 0.545. The molecule has 18 heavy (non-hydrogen) atoms. The number of hydrogen-bond donors (Lipinski definition) is 3. The molecule has 0 fully saturated rings. The van der Waals surface area contributed by atoms with E-state index in [1.165, 1.54) is 0 Å². The molecule has 0 saturated carbocycles. The van der Waals surface area contributed by atoms with Crippen molar-refractivity contribution in [2.24, 2.45) is 0 Å². The molecule has 2 rings (SSSR count). The minimum atomic E-state index is -0.200. The van der Waals surface area contributed by atoms with E-state index >= 15 is 0 Å². The normalized spacial score (nSPS) is 18.1. The molecule has 1 aliphatic heterocycles. The molecule has 98 valence electrons. The molecule has 3 N–H and O–H groups in total. The van der Waals surface area contributed by atoms with Crippen LogP contribution in [-0.4, -0.2) is 41.1 Å². The highest BCUT2D eigenvalue weighted by Crippen LogP contribution is 2.36. The van der Waals surface area contributed by atoms with E-state index in [0.717, 1.165) is 17.7 Å². The number of nitrogens with zero attached hydrogens (tertiary/aromatic N) is 1. The number of aromatic amines is 1. The summed E-state index contributed by atoms with van der Waals surface area (Å²) in [7, 11) is 1.58. The van der Waals surface area contributed by atoms with Crippen LogP contribution < -0.4 is 10.6 Å². The Morgan fingerprint density at radius 3 is 3.06 bits per heavy atom. The molecule has 1 atom stereocenters. The summed E-state index contributed by atoms with van der Waals surface area (Å²) in [5.74, 6) is 1.27. The Bertz CT molecular complexity index is 472. The molecule has 2 heterocycles. The van der Waals surface area contributed by atoms with Crippen molar-refractivity contribution in [2.45, 2.75) is 18.8 Å². The first-order valence-electron chi connectivity index (χ1n) is 5.76. The summed E-state index contributed by atoms with van der Waals surface area (Å²) < 4.78 is 0. The highest BCUT2D eigenvalue weighted by Gasteiger charge is 2.31. The molecular weight excluding hydrogens is 252 g/mol. The van der Waals surface area contributed by atoms with Crippen molar-refractivity contribution >= 4 is 29.4 Å². The van der Waals surface area contributed by atoms with E-state index in [0.29, 0.717) is 17.9 Å². The van der Waals surface area contributed by atoms with Crippen molar-refractivity contribution in [1.82, 2.24) is 15.5 Å². The van der Waals surface area contributed by atoms with Gasteiger partial charge in [0, 0.05) is 19.0 Å². The van der Waals surface area contributed by atoms with Crippen LogP contribution in [0.1, 0.15) is 34.8 Å². The minimum absolute atomic E-state index is 0.0384. The number of rotatable bonds is 4. The maximum atomic E-state index is 11.7. The Kier molecular flexibility index (Phi) is 3.90. The van der Waals surface area contributed by atoms with Gasteiger partial charge < -0.3 is 10.6 Å². The predicted molar refractivity (Wildman–Crippen MR) is 71.0 cm³/mol. The smallest absolute Gasteiger partial charge is 0.269 e. The lowest BCUT2D eigenvalue weighted by Gasteiger charge is -2.22. The van der Waals surface area contributed by atoms with Crippen LogP contribution in [-0.2, 0) is 4.79 Å². The van der Waals surface area contributed by atoms with Gasteiger partial charge in [0.2, 0.25) is 5.91 Å². The maximum absolute atomic E-state index is 11.7. The molecule has 1 aromatic heterocycles. The molecule has 6 nitrogen and oxygen atoms in total. The fourth-order valence-corrected chi connectivity index (χ4v) is 2.68. The van der Waals surface area contributed by atoms with Crippen molar-refractivity contribution in [1.29, 1.82) is 0 Å². The molecular formula is C11H16N4O2S. The van der Waals surface area contributed by atoms with Crippen LogP contribution >= 0.6 is 11.8 Å². The predicted octanol–water partition coefficient (Wildman–Crippen LogP) is 0.948. The van der Waals surface area contributed by atoms with Gasteiger partial charge in [-0.3, -0.25) is 14.7 Å². The third-order valence-electron chi connectivity index (χ3n) is 3.03. The van der Waals surface area contributed by atoms with Crippen LogP contribution in [0.4, 0.5) is 5.82 Å². The first-order valence-corrected chi connectivity index (χ1v) is 7.15. The zero-order chi connectivity index (χ0) is 13.1. The molecule has 0 aromatic carbocycles. The molecule has 0 aliphatic carbocycles. The second-order valence-electron chi connectivity index (χ2n) is 4.17. The number of anilines is 1. The largest absolute Gasteiger partial charge is 0.354 e.